The van der Waals surface area contributed by atoms with Gasteiger partial charge in [0, 0.05) is 23.9 Å². The van der Waals surface area contributed by atoms with Gasteiger partial charge in [0.25, 0.3) is 0 Å². The number of nitrogens with one attached hydrogen (secondary N) is 1. The van der Waals surface area contributed by atoms with Crippen molar-refractivity contribution in [2.24, 2.45) is 0 Å². The highest BCUT2D eigenvalue weighted by molar-refractivity contribution is 5.96. The van der Waals surface area contributed by atoms with Gasteiger partial charge in [0.1, 0.15) is 0 Å². The van der Waals surface area contributed by atoms with Crippen molar-refractivity contribution in [3.63, 3.8) is 0 Å². The van der Waals surface area contributed by atoms with E-state index in [4.69, 9.17) is 0 Å². The van der Waals surface area contributed by atoms with E-state index in [2.05, 4.69) is 4.98 Å². The van der Waals surface area contributed by atoms with Crippen LogP contribution in [0.4, 0.5) is 0 Å². The van der Waals surface area contributed by atoms with Crippen LogP contribution in [0.15, 0.2) is 10.9 Å². The van der Waals surface area contributed by atoms with Crippen molar-refractivity contribution in [1.82, 2.24) is 4.98 Å². The predicted molar refractivity (Wildman–Crippen MR) is 55.8 cm³/mol. The van der Waals surface area contributed by atoms with Crippen molar-refractivity contribution >= 4 is 5.78 Å². The molecule has 1 aromatic heterocycles. The van der Waals surface area contributed by atoms with Gasteiger partial charge in [-0.1, -0.05) is 13.8 Å². The molecule has 0 saturated heterocycles. The van der Waals surface area contributed by atoms with Crippen LogP contribution in [-0.4, -0.2) is 10.8 Å². The lowest BCUT2D eigenvalue weighted by atomic mass is 10.0. The highest BCUT2D eigenvalue weighted by Gasteiger charge is 2.13. The van der Waals surface area contributed by atoms with Crippen molar-refractivity contribution in [2.75, 3.05) is 0 Å². The van der Waals surface area contributed by atoms with Crippen LogP contribution >= 0.6 is 0 Å². The second kappa shape index (κ2) is 4.22. The van der Waals surface area contributed by atoms with E-state index in [0.29, 0.717) is 18.4 Å². The molecule has 1 aromatic rings. The summed E-state index contributed by atoms with van der Waals surface area (Å²) in [6, 6.07) is 1.47. The number of rotatable bonds is 3. The summed E-state index contributed by atoms with van der Waals surface area (Å²) in [6.07, 6.45) is 1.05. The zero-order valence-corrected chi connectivity index (χ0v) is 8.81. The number of aryl methyl sites for hydroxylation is 2. The van der Waals surface area contributed by atoms with Crippen molar-refractivity contribution < 1.29 is 4.79 Å². The first-order chi connectivity index (χ1) is 6.60. The Hall–Kier alpha value is -1.38. The van der Waals surface area contributed by atoms with Gasteiger partial charge in [0.05, 0.1) is 5.56 Å². The summed E-state index contributed by atoms with van der Waals surface area (Å²) in [5.41, 5.74) is 1.73. The summed E-state index contributed by atoms with van der Waals surface area (Å²) in [4.78, 5) is 26.1. The Labute approximate surface area is 83.2 Å². The first-order valence-electron chi connectivity index (χ1n) is 4.86. The Kier molecular flexibility index (Phi) is 3.23. The van der Waals surface area contributed by atoms with Gasteiger partial charge >= 0.3 is 0 Å². The fourth-order valence-electron chi connectivity index (χ4n) is 1.50. The fraction of sp³-hybridized carbons (Fsp3) is 0.455. The molecule has 0 radical (unpaired) electrons. The molecule has 0 aliphatic rings. The highest BCUT2D eigenvalue weighted by atomic mass is 16.1. The minimum atomic E-state index is -0.162. The van der Waals surface area contributed by atoms with E-state index in [0.717, 1.165) is 11.4 Å². The quantitative estimate of drug-likeness (QED) is 0.744. The Morgan fingerprint density at radius 3 is 2.57 bits per heavy atom. The smallest absolute Gasteiger partial charge is 0.192 e. The van der Waals surface area contributed by atoms with Crippen molar-refractivity contribution in [1.29, 1.82) is 0 Å². The third kappa shape index (κ3) is 1.92. The number of H-pyrrole nitrogens is 1. The molecule has 0 saturated carbocycles. The van der Waals surface area contributed by atoms with E-state index in [9.17, 15) is 9.59 Å². The molecule has 76 valence electrons. The molecular formula is C11H15NO2. The summed E-state index contributed by atoms with van der Waals surface area (Å²) in [7, 11) is 0. The molecule has 1 heterocycles. The van der Waals surface area contributed by atoms with Gasteiger partial charge < -0.3 is 4.98 Å². The van der Waals surface area contributed by atoms with Crippen molar-refractivity contribution in [3.8, 4) is 0 Å². The maximum absolute atomic E-state index is 11.6. The zero-order valence-electron chi connectivity index (χ0n) is 8.81. The van der Waals surface area contributed by atoms with Gasteiger partial charge in [-0.05, 0) is 13.3 Å². The molecule has 3 heteroatoms. The van der Waals surface area contributed by atoms with Gasteiger partial charge in [-0.25, -0.2) is 0 Å². The van der Waals surface area contributed by atoms with E-state index in [1.54, 1.807) is 6.92 Å². The number of carbonyl (C=O) groups excluding carboxylic acids is 1. The van der Waals surface area contributed by atoms with Crippen LogP contribution in [0.5, 0.6) is 0 Å². The van der Waals surface area contributed by atoms with Crippen LogP contribution in [0.3, 0.4) is 0 Å². The maximum Gasteiger partial charge on any atom is 0.192 e. The molecule has 0 unspecified atom stereocenters. The van der Waals surface area contributed by atoms with E-state index >= 15 is 0 Å². The Morgan fingerprint density at radius 2 is 2.07 bits per heavy atom. The fourth-order valence-corrected chi connectivity index (χ4v) is 1.50. The predicted octanol–water partition coefficient (Wildman–Crippen LogP) is 1.84. The molecule has 0 aromatic carbocycles. The summed E-state index contributed by atoms with van der Waals surface area (Å²) >= 11 is 0. The van der Waals surface area contributed by atoms with Crippen LogP contribution in [0.25, 0.3) is 0 Å². The molecule has 0 aliphatic carbocycles. The molecular weight excluding hydrogens is 178 g/mol. The Balaban J connectivity index is 3.40. The minimum absolute atomic E-state index is 0.0805. The minimum Gasteiger partial charge on any atom is -0.362 e. The topological polar surface area (TPSA) is 49.9 Å². The average Bonchev–Trinajstić information content (AvgIpc) is 2.15. The third-order valence-corrected chi connectivity index (χ3v) is 2.20. The number of carbonyl (C=O) groups is 1. The Morgan fingerprint density at radius 1 is 1.43 bits per heavy atom. The first kappa shape index (κ1) is 10.7. The number of hydrogen-bond donors (Lipinski definition) is 1. The van der Waals surface area contributed by atoms with Crippen LogP contribution in [0.2, 0.25) is 0 Å². The zero-order chi connectivity index (χ0) is 10.7. The number of ketones is 1. The lowest BCUT2D eigenvalue weighted by molar-refractivity contribution is 0.0986. The van der Waals surface area contributed by atoms with E-state index in [1.807, 2.05) is 13.8 Å². The molecule has 1 N–H and O–H groups in total. The third-order valence-electron chi connectivity index (χ3n) is 2.20. The monoisotopic (exact) mass is 193 g/mol. The normalized spacial score (nSPS) is 10.2. The van der Waals surface area contributed by atoms with Gasteiger partial charge in [-0.3, -0.25) is 9.59 Å². The van der Waals surface area contributed by atoms with Gasteiger partial charge in [-0.2, -0.15) is 0 Å². The van der Waals surface area contributed by atoms with Crippen LogP contribution in [0.1, 0.15) is 42.0 Å². The van der Waals surface area contributed by atoms with Gasteiger partial charge in [0.15, 0.2) is 11.2 Å². The van der Waals surface area contributed by atoms with Crippen molar-refractivity contribution in [2.45, 2.75) is 33.6 Å². The second-order valence-electron chi connectivity index (χ2n) is 3.30. The summed E-state index contributed by atoms with van der Waals surface area (Å²) in [5, 5.41) is 0. The second-order valence-corrected chi connectivity index (χ2v) is 3.30. The lowest BCUT2D eigenvalue weighted by Gasteiger charge is -2.06. The largest absolute Gasteiger partial charge is 0.362 e. The van der Waals surface area contributed by atoms with E-state index in [-0.39, 0.29) is 11.2 Å². The molecule has 0 bridgehead atoms. The number of hydrogen-bond acceptors (Lipinski definition) is 2. The molecule has 0 spiro atoms. The van der Waals surface area contributed by atoms with Crippen LogP contribution < -0.4 is 5.43 Å². The number of Topliss-reactive ketones (excluding diaryl/α,β-unsaturated/α-hetero) is 1. The molecule has 0 fully saturated rings. The summed E-state index contributed by atoms with van der Waals surface area (Å²) in [6.45, 7) is 5.51. The molecule has 14 heavy (non-hydrogen) atoms. The molecule has 0 amide bonds. The standard InChI is InChI=1S/C11H15NO2/c1-4-8-11(9(13)5-2)10(14)6-7(3)12-8/h6H,4-5H2,1-3H3,(H,12,14). The SMILES string of the molecule is CCC(=O)c1c(CC)[nH]c(C)cc1=O. The van der Waals surface area contributed by atoms with Crippen LogP contribution in [0, 0.1) is 6.92 Å². The lowest BCUT2D eigenvalue weighted by Crippen LogP contribution is -2.19. The van der Waals surface area contributed by atoms with Gasteiger partial charge in [-0.15, -0.1) is 0 Å². The molecule has 0 atom stereocenters. The summed E-state index contributed by atoms with van der Waals surface area (Å²) < 4.78 is 0. The van der Waals surface area contributed by atoms with E-state index < -0.39 is 0 Å². The van der Waals surface area contributed by atoms with E-state index in [1.165, 1.54) is 6.07 Å². The number of pyridine rings is 1. The molecule has 1 rings (SSSR count). The van der Waals surface area contributed by atoms with Crippen molar-refractivity contribution in [3.05, 3.63) is 33.2 Å². The highest BCUT2D eigenvalue weighted by Crippen LogP contribution is 2.06. The Bertz CT molecular complexity index is 404. The van der Waals surface area contributed by atoms with Gasteiger partial charge in [0.2, 0.25) is 0 Å². The number of aromatic amines is 1. The maximum atomic E-state index is 11.6. The molecule has 3 nitrogen and oxygen atoms in total. The summed E-state index contributed by atoms with van der Waals surface area (Å²) in [5.74, 6) is -0.0805. The first-order valence-corrected chi connectivity index (χ1v) is 4.86. The average molecular weight is 193 g/mol. The number of aromatic nitrogens is 1. The molecule has 0 aliphatic heterocycles. The van der Waals surface area contributed by atoms with Crippen LogP contribution in [-0.2, 0) is 6.42 Å².